The molecular formula is C21H22N6O. The highest BCUT2D eigenvalue weighted by Gasteiger charge is 2.39. The number of likely N-dealkylation sites (tertiary alicyclic amines) is 1. The molecule has 1 amide bonds. The fraction of sp³-hybridized carbons (Fsp3) is 0.333. The molecule has 7 nitrogen and oxygen atoms in total. The zero-order valence-electron chi connectivity index (χ0n) is 15.5. The van der Waals surface area contributed by atoms with Crippen molar-refractivity contribution in [1.82, 2.24) is 24.6 Å². The van der Waals surface area contributed by atoms with Crippen LogP contribution >= 0.6 is 0 Å². The minimum absolute atomic E-state index is 0.202. The summed E-state index contributed by atoms with van der Waals surface area (Å²) in [6, 6.07) is 15.5. The van der Waals surface area contributed by atoms with E-state index >= 15 is 0 Å². The standard InChI is InChI=1S/C21H22N6O/c28-21(23-17-6-2-1-3-7-17)20-25-24-19-10-15-11-26(12-16(15)13-27(19)20)14-18-8-4-5-9-22-18/h1-9,15-16H,10-14H2,(H,23,28). The first-order valence-electron chi connectivity index (χ1n) is 9.67. The van der Waals surface area contributed by atoms with Crippen LogP contribution in [0.1, 0.15) is 22.1 Å². The Morgan fingerprint density at radius 1 is 1.00 bits per heavy atom. The third kappa shape index (κ3) is 3.29. The van der Waals surface area contributed by atoms with E-state index in [0.717, 1.165) is 49.8 Å². The number of carbonyl (C=O) groups is 1. The second kappa shape index (κ2) is 7.16. The van der Waals surface area contributed by atoms with Crippen LogP contribution in [0.15, 0.2) is 54.7 Å². The number of aromatic nitrogens is 4. The van der Waals surface area contributed by atoms with Gasteiger partial charge in [-0.05, 0) is 36.1 Å². The highest BCUT2D eigenvalue weighted by atomic mass is 16.2. The van der Waals surface area contributed by atoms with Crippen LogP contribution in [0.3, 0.4) is 0 Å². The molecule has 0 radical (unpaired) electrons. The molecule has 0 spiro atoms. The Balaban J connectivity index is 1.29. The molecule has 2 aromatic heterocycles. The normalized spacial score (nSPS) is 21.1. The first kappa shape index (κ1) is 17.1. The summed E-state index contributed by atoms with van der Waals surface area (Å²) in [6.45, 7) is 3.72. The average Bonchev–Trinajstić information content (AvgIpc) is 3.30. The van der Waals surface area contributed by atoms with Crippen molar-refractivity contribution in [3.63, 3.8) is 0 Å². The second-order valence-electron chi connectivity index (χ2n) is 7.61. The summed E-state index contributed by atoms with van der Waals surface area (Å²) in [6.07, 6.45) is 2.71. The third-order valence-corrected chi connectivity index (χ3v) is 5.69. The Hall–Kier alpha value is -3.06. The molecule has 2 atom stereocenters. The van der Waals surface area contributed by atoms with Crippen molar-refractivity contribution in [3.8, 4) is 0 Å². The summed E-state index contributed by atoms with van der Waals surface area (Å²) in [7, 11) is 0. The predicted octanol–water partition coefficient (Wildman–Crippen LogP) is 2.23. The molecule has 4 heterocycles. The average molecular weight is 374 g/mol. The van der Waals surface area contributed by atoms with Crippen LogP contribution in [0, 0.1) is 11.8 Å². The molecule has 1 N–H and O–H groups in total. The van der Waals surface area contributed by atoms with Crippen LogP contribution in [0.4, 0.5) is 5.69 Å². The number of fused-ring (bicyclic) bond motifs is 2. The Labute approximate surface area is 163 Å². The first-order chi connectivity index (χ1) is 13.8. The molecule has 2 aliphatic rings. The van der Waals surface area contributed by atoms with Gasteiger partial charge in [0, 0.05) is 44.5 Å². The quantitative estimate of drug-likeness (QED) is 0.758. The van der Waals surface area contributed by atoms with Crippen molar-refractivity contribution >= 4 is 11.6 Å². The van der Waals surface area contributed by atoms with Crippen LogP contribution in [0.5, 0.6) is 0 Å². The number of carbonyl (C=O) groups excluding carboxylic acids is 1. The van der Waals surface area contributed by atoms with E-state index in [9.17, 15) is 4.79 Å². The number of rotatable bonds is 4. The molecule has 2 aliphatic heterocycles. The molecule has 7 heteroatoms. The summed E-state index contributed by atoms with van der Waals surface area (Å²) in [5.74, 6) is 2.19. The van der Waals surface area contributed by atoms with Gasteiger partial charge in [-0.3, -0.25) is 14.7 Å². The highest BCUT2D eigenvalue weighted by Crippen LogP contribution is 2.33. The van der Waals surface area contributed by atoms with Gasteiger partial charge in [0.25, 0.3) is 5.91 Å². The van der Waals surface area contributed by atoms with Gasteiger partial charge in [0.1, 0.15) is 5.82 Å². The Kier molecular flexibility index (Phi) is 4.37. The molecule has 0 bridgehead atoms. The van der Waals surface area contributed by atoms with Gasteiger partial charge >= 0.3 is 0 Å². The molecule has 1 saturated heterocycles. The van der Waals surface area contributed by atoms with Crippen LogP contribution in [-0.2, 0) is 19.5 Å². The number of para-hydroxylation sites is 1. The number of benzene rings is 1. The molecule has 2 unspecified atom stereocenters. The van der Waals surface area contributed by atoms with E-state index in [1.165, 1.54) is 0 Å². The van der Waals surface area contributed by atoms with Gasteiger partial charge in [0.15, 0.2) is 0 Å². The van der Waals surface area contributed by atoms with Crippen molar-refractivity contribution in [1.29, 1.82) is 0 Å². The van der Waals surface area contributed by atoms with Crippen molar-refractivity contribution < 1.29 is 4.79 Å². The van der Waals surface area contributed by atoms with Crippen LogP contribution in [-0.4, -0.2) is 43.6 Å². The summed E-state index contributed by atoms with van der Waals surface area (Å²) in [4.78, 5) is 19.6. The fourth-order valence-corrected chi connectivity index (χ4v) is 4.35. The first-order valence-corrected chi connectivity index (χ1v) is 9.67. The highest BCUT2D eigenvalue weighted by molar-refractivity contribution is 6.01. The lowest BCUT2D eigenvalue weighted by atomic mass is 9.89. The lowest BCUT2D eigenvalue weighted by molar-refractivity contribution is 0.100. The largest absolute Gasteiger partial charge is 0.319 e. The van der Waals surface area contributed by atoms with Gasteiger partial charge in [0.2, 0.25) is 5.82 Å². The van der Waals surface area contributed by atoms with E-state index in [1.807, 2.05) is 53.2 Å². The molecule has 142 valence electrons. The third-order valence-electron chi connectivity index (χ3n) is 5.69. The van der Waals surface area contributed by atoms with Gasteiger partial charge < -0.3 is 9.88 Å². The maximum absolute atomic E-state index is 12.7. The van der Waals surface area contributed by atoms with Gasteiger partial charge in [-0.1, -0.05) is 24.3 Å². The summed E-state index contributed by atoms with van der Waals surface area (Å²) < 4.78 is 2.00. The SMILES string of the molecule is O=C(Nc1ccccc1)c1nnc2n1CC1CN(Cc3ccccn3)CC1C2. The summed E-state index contributed by atoms with van der Waals surface area (Å²) >= 11 is 0. The van der Waals surface area contributed by atoms with E-state index < -0.39 is 0 Å². The van der Waals surface area contributed by atoms with E-state index in [4.69, 9.17) is 0 Å². The Morgan fingerprint density at radius 2 is 1.82 bits per heavy atom. The van der Waals surface area contributed by atoms with E-state index in [0.29, 0.717) is 17.7 Å². The number of amides is 1. The number of nitrogens with one attached hydrogen (secondary N) is 1. The second-order valence-corrected chi connectivity index (χ2v) is 7.61. The lowest BCUT2D eigenvalue weighted by Gasteiger charge is -2.25. The van der Waals surface area contributed by atoms with Crippen molar-refractivity contribution in [2.45, 2.75) is 19.5 Å². The van der Waals surface area contributed by atoms with Crippen molar-refractivity contribution in [3.05, 3.63) is 72.1 Å². The maximum atomic E-state index is 12.7. The summed E-state index contributed by atoms with van der Waals surface area (Å²) in [5, 5.41) is 11.4. The molecule has 3 aromatic rings. The molecular weight excluding hydrogens is 352 g/mol. The number of nitrogens with zero attached hydrogens (tertiary/aromatic N) is 5. The number of anilines is 1. The van der Waals surface area contributed by atoms with E-state index in [-0.39, 0.29) is 5.91 Å². The van der Waals surface area contributed by atoms with E-state index in [1.54, 1.807) is 0 Å². The Bertz CT molecular complexity index is 971. The Morgan fingerprint density at radius 3 is 2.64 bits per heavy atom. The van der Waals surface area contributed by atoms with Gasteiger partial charge in [-0.2, -0.15) is 0 Å². The number of hydrogen-bond donors (Lipinski definition) is 1. The van der Waals surface area contributed by atoms with Crippen LogP contribution in [0.2, 0.25) is 0 Å². The molecule has 1 fully saturated rings. The number of hydrogen-bond acceptors (Lipinski definition) is 5. The smallest absolute Gasteiger partial charge is 0.293 e. The monoisotopic (exact) mass is 374 g/mol. The molecule has 1 aromatic carbocycles. The number of pyridine rings is 1. The molecule has 5 rings (SSSR count). The van der Waals surface area contributed by atoms with Crippen LogP contribution < -0.4 is 5.32 Å². The van der Waals surface area contributed by atoms with E-state index in [2.05, 4.69) is 31.5 Å². The molecule has 0 saturated carbocycles. The minimum Gasteiger partial charge on any atom is -0.319 e. The van der Waals surface area contributed by atoms with Crippen molar-refractivity contribution in [2.24, 2.45) is 11.8 Å². The zero-order valence-corrected chi connectivity index (χ0v) is 15.5. The zero-order chi connectivity index (χ0) is 18.9. The topological polar surface area (TPSA) is 75.9 Å². The maximum Gasteiger partial charge on any atom is 0.293 e. The predicted molar refractivity (Wildman–Crippen MR) is 105 cm³/mol. The molecule has 28 heavy (non-hydrogen) atoms. The van der Waals surface area contributed by atoms with Gasteiger partial charge in [-0.25, -0.2) is 0 Å². The summed E-state index contributed by atoms with van der Waals surface area (Å²) in [5.41, 5.74) is 1.87. The fourth-order valence-electron chi connectivity index (χ4n) is 4.35. The molecule has 0 aliphatic carbocycles. The van der Waals surface area contributed by atoms with Crippen molar-refractivity contribution in [2.75, 3.05) is 18.4 Å². The van der Waals surface area contributed by atoms with Gasteiger partial charge in [0.05, 0.1) is 5.69 Å². The van der Waals surface area contributed by atoms with Gasteiger partial charge in [-0.15, -0.1) is 10.2 Å². The lowest BCUT2D eigenvalue weighted by Crippen LogP contribution is -2.31. The minimum atomic E-state index is -0.202. The van der Waals surface area contributed by atoms with Crippen LogP contribution in [0.25, 0.3) is 0 Å².